The van der Waals surface area contributed by atoms with Gasteiger partial charge in [-0.3, -0.25) is 4.79 Å². The molecule has 3 nitrogen and oxygen atoms in total. The Bertz CT molecular complexity index is 723. The summed E-state index contributed by atoms with van der Waals surface area (Å²) in [6.45, 7) is 3.48. The van der Waals surface area contributed by atoms with Gasteiger partial charge >= 0.3 is 0 Å². The quantitative estimate of drug-likeness (QED) is 0.659. The van der Waals surface area contributed by atoms with Gasteiger partial charge in [0.25, 0.3) is 0 Å². The highest BCUT2D eigenvalue weighted by atomic mass is 19.1. The zero-order valence-corrected chi connectivity index (χ0v) is 12.8. The van der Waals surface area contributed by atoms with Crippen molar-refractivity contribution in [2.24, 2.45) is 0 Å². The first-order valence-corrected chi connectivity index (χ1v) is 6.89. The highest BCUT2D eigenvalue weighted by molar-refractivity contribution is 6.05. The summed E-state index contributed by atoms with van der Waals surface area (Å²) in [5, 5.41) is 3.08. The van der Waals surface area contributed by atoms with Gasteiger partial charge in [-0.05, 0) is 49.7 Å². The molecule has 0 aromatic heterocycles. The van der Waals surface area contributed by atoms with Crippen LogP contribution < -0.4 is 10.1 Å². The first-order valence-electron chi connectivity index (χ1n) is 6.89. The Labute approximate surface area is 129 Å². The summed E-state index contributed by atoms with van der Waals surface area (Å²) >= 11 is 0. The topological polar surface area (TPSA) is 38.3 Å². The van der Waals surface area contributed by atoms with Crippen LogP contribution in [0.2, 0.25) is 0 Å². The highest BCUT2D eigenvalue weighted by Crippen LogP contribution is 2.17. The van der Waals surface area contributed by atoms with E-state index in [1.54, 1.807) is 57.4 Å². The SMILES string of the molecule is COc1cccc(C(=O)/C=C(\C)Nc2ccc(F)c(C)c2)c1. The number of halogens is 1. The lowest BCUT2D eigenvalue weighted by Gasteiger charge is -2.08. The molecule has 0 fully saturated rings. The second-order valence-electron chi connectivity index (χ2n) is 5.01. The molecule has 0 saturated heterocycles. The van der Waals surface area contributed by atoms with E-state index in [0.29, 0.717) is 22.6 Å². The van der Waals surface area contributed by atoms with Gasteiger partial charge in [-0.2, -0.15) is 0 Å². The maximum absolute atomic E-state index is 13.2. The molecule has 0 aliphatic carbocycles. The molecule has 114 valence electrons. The van der Waals surface area contributed by atoms with Crippen LogP contribution in [0.25, 0.3) is 0 Å². The average molecular weight is 299 g/mol. The van der Waals surface area contributed by atoms with Gasteiger partial charge in [0.1, 0.15) is 11.6 Å². The van der Waals surface area contributed by atoms with Crippen LogP contribution in [0.3, 0.4) is 0 Å². The maximum atomic E-state index is 13.2. The first-order chi connectivity index (χ1) is 10.5. The zero-order valence-electron chi connectivity index (χ0n) is 12.8. The molecule has 0 bridgehead atoms. The summed E-state index contributed by atoms with van der Waals surface area (Å²) in [4.78, 5) is 12.2. The van der Waals surface area contributed by atoms with Crippen LogP contribution in [0.15, 0.2) is 54.2 Å². The van der Waals surface area contributed by atoms with Crippen LogP contribution in [0.5, 0.6) is 5.75 Å². The smallest absolute Gasteiger partial charge is 0.187 e. The number of rotatable bonds is 5. The number of aryl methyl sites for hydroxylation is 1. The second-order valence-corrected chi connectivity index (χ2v) is 5.01. The fourth-order valence-electron chi connectivity index (χ4n) is 2.04. The molecular formula is C18H18FNO2. The number of allylic oxidation sites excluding steroid dienone is 2. The molecule has 0 amide bonds. The Hall–Kier alpha value is -2.62. The minimum absolute atomic E-state index is 0.122. The minimum atomic E-state index is -0.250. The predicted molar refractivity (Wildman–Crippen MR) is 85.8 cm³/mol. The number of methoxy groups -OCH3 is 1. The standard InChI is InChI=1S/C18H18FNO2/c1-12-9-15(7-8-17(12)19)20-13(2)10-18(21)14-5-4-6-16(11-14)22-3/h4-11,20H,1-3H3/b13-10+. The van der Waals surface area contributed by atoms with Gasteiger partial charge in [0.2, 0.25) is 0 Å². The van der Waals surface area contributed by atoms with Gasteiger partial charge < -0.3 is 10.1 Å². The molecule has 0 unspecified atom stereocenters. The van der Waals surface area contributed by atoms with E-state index in [0.717, 1.165) is 5.69 Å². The summed E-state index contributed by atoms with van der Waals surface area (Å²) in [6.07, 6.45) is 1.51. The number of anilines is 1. The third-order valence-corrected chi connectivity index (χ3v) is 3.20. The van der Waals surface area contributed by atoms with E-state index in [9.17, 15) is 9.18 Å². The minimum Gasteiger partial charge on any atom is -0.497 e. The molecule has 0 saturated carbocycles. The normalized spacial score (nSPS) is 11.2. The number of carbonyl (C=O) groups is 1. The van der Waals surface area contributed by atoms with Gasteiger partial charge in [0, 0.05) is 23.0 Å². The van der Waals surface area contributed by atoms with Crippen molar-refractivity contribution in [3.8, 4) is 5.75 Å². The van der Waals surface area contributed by atoms with Crippen molar-refractivity contribution in [3.63, 3.8) is 0 Å². The van der Waals surface area contributed by atoms with Gasteiger partial charge in [0.15, 0.2) is 5.78 Å². The lowest BCUT2D eigenvalue weighted by atomic mass is 10.1. The summed E-state index contributed by atoms with van der Waals surface area (Å²) in [6, 6.07) is 11.7. The van der Waals surface area contributed by atoms with Gasteiger partial charge in [0.05, 0.1) is 7.11 Å². The van der Waals surface area contributed by atoms with E-state index in [2.05, 4.69) is 5.32 Å². The lowest BCUT2D eigenvalue weighted by Crippen LogP contribution is -2.02. The van der Waals surface area contributed by atoms with Crippen LogP contribution in [0, 0.1) is 12.7 Å². The molecule has 1 N–H and O–H groups in total. The summed E-state index contributed by atoms with van der Waals surface area (Å²) < 4.78 is 18.3. The molecule has 0 spiro atoms. The third-order valence-electron chi connectivity index (χ3n) is 3.20. The Kier molecular flexibility index (Phi) is 4.94. The number of ketones is 1. The lowest BCUT2D eigenvalue weighted by molar-refractivity contribution is 0.104. The molecule has 0 aliphatic heterocycles. The first kappa shape index (κ1) is 15.8. The van der Waals surface area contributed by atoms with Crippen LogP contribution in [-0.4, -0.2) is 12.9 Å². The van der Waals surface area contributed by atoms with E-state index in [1.165, 1.54) is 12.1 Å². The van der Waals surface area contributed by atoms with Crippen LogP contribution in [0.1, 0.15) is 22.8 Å². The van der Waals surface area contributed by atoms with Gasteiger partial charge in [-0.25, -0.2) is 4.39 Å². The van der Waals surface area contributed by atoms with E-state index in [-0.39, 0.29) is 11.6 Å². The molecule has 2 aromatic carbocycles. The van der Waals surface area contributed by atoms with Crippen molar-refractivity contribution in [2.75, 3.05) is 12.4 Å². The molecule has 0 aliphatic rings. The number of benzene rings is 2. The van der Waals surface area contributed by atoms with Crippen molar-refractivity contribution in [3.05, 3.63) is 71.2 Å². The van der Waals surface area contributed by atoms with Crippen LogP contribution in [0.4, 0.5) is 10.1 Å². The van der Waals surface area contributed by atoms with Crippen molar-refractivity contribution in [1.29, 1.82) is 0 Å². The molecular weight excluding hydrogens is 281 g/mol. The Morgan fingerprint density at radius 3 is 2.68 bits per heavy atom. The largest absolute Gasteiger partial charge is 0.497 e. The van der Waals surface area contributed by atoms with Crippen molar-refractivity contribution >= 4 is 11.5 Å². The van der Waals surface area contributed by atoms with Crippen molar-refractivity contribution in [2.45, 2.75) is 13.8 Å². The molecule has 2 rings (SSSR count). The Balaban J connectivity index is 2.13. The third kappa shape index (κ3) is 3.95. The second kappa shape index (κ2) is 6.89. The summed E-state index contributed by atoms with van der Waals surface area (Å²) in [5.74, 6) is 0.265. The van der Waals surface area contributed by atoms with E-state index < -0.39 is 0 Å². The molecule has 0 radical (unpaired) electrons. The van der Waals surface area contributed by atoms with Crippen molar-refractivity contribution < 1.29 is 13.9 Å². The number of hydrogen-bond acceptors (Lipinski definition) is 3. The van der Waals surface area contributed by atoms with Gasteiger partial charge in [-0.1, -0.05) is 12.1 Å². The number of ether oxygens (including phenoxy) is 1. The monoisotopic (exact) mass is 299 g/mol. The summed E-state index contributed by atoms with van der Waals surface area (Å²) in [5.41, 5.74) is 2.53. The zero-order chi connectivity index (χ0) is 16.1. The van der Waals surface area contributed by atoms with Crippen LogP contribution >= 0.6 is 0 Å². The molecule has 22 heavy (non-hydrogen) atoms. The van der Waals surface area contributed by atoms with E-state index in [4.69, 9.17) is 4.74 Å². The van der Waals surface area contributed by atoms with E-state index in [1.807, 2.05) is 0 Å². The Morgan fingerprint density at radius 2 is 2.00 bits per heavy atom. The summed E-state index contributed by atoms with van der Waals surface area (Å²) in [7, 11) is 1.56. The average Bonchev–Trinajstić information content (AvgIpc) is 2.51. The van der Waals surface area contributed by atoms with E-state index >= 15 is 0 Å². The number of hydrogen-bond donors (Lipinski definition) is 1. The number of nitrogens with one attached hydrogen (secondary N) is 1. The molecule has 0 atom stereocenters. The number of carbonyl (C=O) groups excluding carboxylic acids is 1. The molecule has 2 aromatic rings. The fourth-order valence-corrected chi connectivity index (χ4v) is 2.04. The molecule has 0 heterocycles. The van der Waals surface area contributed by atoms with Crippen molar-refractivity contribution in [1.82, 2.24) is 0 Å². The van der Waals surface area contributed by atoms with Crippen LogP contribution in [-0.2, 0) is 0 Å². The highest BCUT2D eigenvalue weighted by Gasteiger charge is 2.05. The molecule has 4 heteroatoms. The Morgan fingerprint density at radius 1 is 1.23 bits per heavy atom. The fraction of sp³-hybridized carbons (Fsp3) is 0.167. The maximum Gasteiger partial charge on any atom is 0.187 e. The predicted octanol–water partition coefficient (Wildman–Crippen LogP) is 4.34. The van der Waals surface area contributed by atoms with Gasteiger partial charge in [-0.15, -0.1) is 0 Å².